The fraction of sp³-hybridized carbons (Fsp3) is 0.379. The number of nitrogens with one attached hydrogen (secondary N) is 1. The van der Waals surface area contributed by atoms with Crippen LogP contribution in [0.15, 0.2) is 69.8 Å². The number of rotatable bonds is 11. The number of hydrogen-bond donors (Lipinski definition) is 1. The lowest BCUT2D eigenvalue weighted by Crippen LogP contribution is -2.45. The molecule has 0 atom stereocenters. The summed E-state index contributed by atoms with van der Waals surface area (Å²) >= 11 is 3.45. The van der Waals surface area contributed by atoms with Crippen molar-refractivity contribution in [1.82, 2.24) is 14.7 Å². The molecule has 3 aromatic rings. The van der Waals surface area contributed by atoms with E-state index in [-0.39, 0.29) is 31.8 Å². The van der Waals surface area contributed by atoms with E-state index in [2.05, 4.69) is 26.1 Å². The van der Waals surface area contributed by atoms with E-state index in [1.807, 2.05) is 48.5 Å². The SMILES string of the molecule is O=C(CN(CCCN1CCOCC1)C(=O)Nc1cccc(Br)c1)N(Cc1ccc2c(c1)OCO2)Cc1ccco1. The summed E-state index contributed by atoms with van der Waals surface area (Å²) in [6, 6.07) is 16.3. The minimum Gasteiger partial charge on any atom is -0.467 e. The van der Waals surface area contributed by atoms with Gasteiger partial charge in [0.05, 0.1) is 26.0 Å². The third-order valence-electron chi connectivity index (χ3n) is 6.79. The zero-order valence-electron chi connectivity index (χ0n) is 22.2. The van der Waals surface area contributed by atoms with Crippen LogP contribution in [0.25, 0.3) is 0 Å². The Morgan fingerprint density at radius 1 is 0.950 bits per heavy atom. The first-order valence-electron chi connectivity index (χ1n) is 13.3. The molecule has 212 valence electrons. The number of furan rings is 1. The molecule has 0 bridgehead atoms. The largest absolute Gasteiger partial charge is 0.467 e. The summed E-state index contributed by atoms with van der Waals surface area (Å²) in [5.41, 5.74) is 1.54. The van der Waals surface area contributed by atoms with Gasteiger partial charge in [-0.2, -0.15) is 0 Å². The van der Waals surface area contributed by atoms with Gasteiger partial charge in [-0.15, -0.1) is 0 Å². The summed E-state index contributed by atoms with van der Waals surface area (Å²) in [6.45, 7) is 5.13. The number of urea groups is 1. The second-order valence-corrected chi connectivity index (χ2v) is 10.6. The average Bonchev–Trinajstić information content (AvgIpc) is 3.64. The number of morpholine rings is 1. The molecule has 1 saturated heterocycles. The molecule has 2 aromatic carbocycles. The Bertz CT molecular complexity index is 1280. The van der Waals surface area contributed by atoms with E-state index in [0.717, 1.165) is 36.1 Å². The van der Waals surface area contributed by atoms with Gasteiger partial charge < -0.3 is 33.7 Å². The Hall–Kier alpha value is -3.54. The Morgan fingerprint density at radius 2 is 1.80 bits per heavy atom. The third kappa shape index (κ3) is 7.77. The number of carbonyl (C=O) groups is 2. The number of nitrogens with zero attached hydrogens (tertiary/aromatic N) is 3. The zero-order chi connectivity index (χ0) is 27.7. The maximum Gasteiger partial charge on any atom is 0.322 e. The van der Waals surface area contributed by atoms with Crippen molar-refractivity contribution in [3.05, 3.63) is 76.7 Å². The van der Waals surface area contributed by atoms with Gasteiger partial charge in [-0.05, 0) is 54.4 Å². The van der Waals surface area contributed by atoms with Gasteiger partial charge in [0.25, 0.3) is 0 Å². The molecule has 5 rings (SSSR count). The van der Waals surface area contributed by atoms with Crippen LogP contribution in [0.4, 0.5) is 10.5 Å². The van der Waals surface area contributed by atoms with Crippen molar-refractivity contribution in [3.63, 3.8) is 0 Å². The number of benzene rings is 2. The number of carbonyl (C=O) groups excluding carboxylic acids is 2. The van der Waals surface area contributed by atoms with Crippen molar-refractivity contribution >= 4 is 33.6 Å². The van der Waals surface area contributed by atoms with Gasteiger partial charge in [0, 0.05) is 42.9 Å². The van der Waals surface area contributed by atoms with Crippen LogP contribution in [0.5, 0.6) is 11.5 Å². The Kier molecular flexibility index (Phi) is 9.58. The minimum absolute atomic E-state index is 0.0752. The van der Waals surface area contributed by atoms with Gasteiger partial charge in [0.15, 0.2) is 11.5 Å². The number of halogens is 1. The van der Waals surface area contributed by atoms with E-state index in [1.54, 1.807) is 22.1 Å². The number of amides is 3. The van der Waals surface area contributed by atoms with E-state index >= 15 is 0 Å². The lowest BCUT2D eigenvalue weighted by Gasteiger charge is -2.30. The minimum atomic E-state index is -0.325. The van der Waals surface area contributed by atoms with E-state index in [0.29, 0.717) is 49.2 Å². The molecule has 40 heavy (non-hydrogen) atoms. The molecule has 1 fully saturated rings. The lowest BCUT2D eigenvalue weighted by atomic mass is 10.2. The molecule has 11 heteroatoms. The summed E-state index contributed by atoms with van der Waals surface area (Å²) < 4.78 is 22.8. The summed E-state index contributed by atoms with van der Waals surface area (Å²) in [5, 5.41) is 2.94. The summed E-state index contributed by atoms with van der Waals surface area (Å²) in [5.74, 6) is 1.81. The number of hydrogen-bond acceptors (Lipinski definition) is 7. The first-order chi connectivity index (χ1) is 19.5. The molecule has 3 amide bonds. The maximum atomic E-state index is 13.8. The molecule has 10 nitrogen and oxygen atoms in total. The molecule has 2 aliphatic rings. The van der Waals surface area contributed by atoms with Gasteiger partial charge in [0.2, 0.25) is 12.7 Å². The predicted octanol–water partition coefficient (Wildman–Crippen LogP) is 4.56. The molecule has 0 aliphatic carbocycles. The summed E-state index contributed by atoms with van der Waals surface area (Å²) in [6.07, 6.45) is 2.32. The normalized spacial score (nSPS) is 14.6. The fourth-order valence-corrected chi connectivity index (χ4v) is 5.08. The van der Waals surface area contributed by atoms with Crippen LogP contribution in [0.3, 0.4) is 0 Å². The number of fused-ring (bicyclic) bond motifs is 1. The summed E-state index contributed by atoms with van der Waals surface area (Å²) in [4.78, 5) is 32.8. The van der Waals surface area contributed by atoms with Crippen LogP contribution < -0.4 is 14.8 Å². The molecule has 0 spiro atoms. The first-order valence-corrected chi connectivity index (χ1v) is 14.1. The van der Waals surface area contributed by atoms with Crippen molar-refractivity contribution < 1.29 is 28.2 Å². The third-order valence-corrected chi connectivity index (χ3v) is 7.28. The van der Waals surface area contributed by atoms with Crippen LogP contribution in [-0.2, 0) is 22.6 Å². The molecule has 3 heterocycles. The van der Waals surface area contributed by atoms with Crippen LogP contribution in [0.2, 0.25) is 0 Å². The molecule has 1 aromatic heterocycles. The van der Waals surface area contributed by atoms with Crippen molar-refractivity contribution in [1.29, 1.82) is 0 Å². The molecule has 1 N–H and O–H groups in total. The van der Waals surface area contributed by atoms with Crippen molar-refractivity contribution in [2.45, 2.75) is 19.5 Å². The second-order valence-electron chi connectivity index (χ2n) is 9.69. The molecule has 2 aliphatic heterocycles. The van der Waals surface area contributed by atoms with Crippen LogP contribution in [0, 0.1) is 0 Å². The van der Waals surface area contributed by atoms with E-state index in [4.69, 9.17) is 18.6 Å². The standard InChI is InChI=1S/C29H33BrN4O6/c30-23-4-1-5-24(17-23)31-29(36)33(10-3-9-32-11-14-37-15-12-32)20-28(35)34(19-25-6-2-13-38-25)18-22-7-8-26-27(16-22)40-21-39-26/h1-2,4-8,13,16-17H,3,9-12,14-15,18-21H2,(H,31,36). The summed E-state index contributed by atoms with van der Waals surface area (Å²) in [7, 11) is 0. The van der Waals surface area contributed by atoms with Crippen molar-refractivity contribution in [2.75, 3.05) is 58.0 Å². The van der Waals surface area contributed by atoms with Gasteiger partial charge in [-0.3, -0.25) is 9.69 Å². The Morgan fingerprint density at radius 3 is 2.60 bits per heavy atom. The maximum absolute atomic E-state index is 13.8. The topological polar surface area (TPSA) is 96.7 Å². The predicted molar refractivity (Wildman–Crippen MR) is 152 cm³/mol. The lowest BCUT2D eigenvalue weighted by molar-refractivity contribution is -0.133. The Labute approximate surface area is 241 Å². The fourth-order valence-electron chi connectivity index (χ4n) is 4.68. The zero-order valence-corrected chi connectivity index (χ0v) is 23.8. The van der Waals surface area contributed by atoms with Gasteiger partial charge >= 0.3 is 6.03 Å². The quantitative estimate of drug-likeness (QED) is 0.339. The van der Waals surface area contributed by atoms with Crippen LogP contribution >= 0.6 is 15.9 Å². The highest BCUT2D eigenvalue weighted by molar-refractivity contribution is 9.10. The molecule has 0 saturated carbocycles. The van der Waals surface area contributed by atoms with E-state index in [9.17, 15) is 9.59 Å². The van der Waals surface area contributed by atoms with Crippen LogP contribution in [-0.4, -0.2) is 79.4 Å². The highest BCUT2D eigenvalue weighted by atomic mass is 79.9. The molecular formula is C29H33BrN4O6. The molecule has 0 radical (unpaired) electrons. The van der Waals surface area contributed by atoms with Gasteiger partial charge in [-0.1, -0.05) is 28.1 Å². The molecular weight excluding hydrogens is 580 g/mol. The van der Waals surface area contributed by atoms with Gasteiger partial charge in [0.1, 0.15) is 12.3 Å². The van der Waals surface area contributed by atoms with Crippen molar-refractivity contribution in [3.8, 4) is 11.5 Å². The number of anilines is 1. The number of ether oxygens (including phenoxy) is 3. The monoisotopic (exact) mass is 612 g/mol. The van der Waals surface area contributed by atoms with Crippen LogP contribution in [0.1, 0.15) is 17.7 Å². The van der Waals surface area contributed by atoms with E-state index in [1.165, 1.54) is 0 Å². The van der Waals surface area contributed by atoms with Crippen molar-refractivity contribution in [2.24, 2.45) is 0 Å². The van der Waals surface area contributed by atoms with E-state index < -0.39 is 0 Å². The first kappa shape index (κ1) is 28.0. The highest BCUT2D eigenvalue weighted by Crippen LogP contribution is 2.33. The second kappa shape index (κ2) is 13.7. The smallest absolute Gasteiger partial charge is 0.322 e. The van der Waals surface area contributed by atoms with Gasteiger partial charge in [-0.25, -0.2) is 4.79 Å². The molecule has 0 unspecified atom stereocenters. The average molecular weight is 614 g/mol. The Balaban J connectivity index is 1.29. The highest BCUT2D eigenvalue weighted by Gasteiger charge is 2.24.